The Kier molecular flexibility index (Phi) is 4.97. The zero-order valence-corrected chi connectivity index (χ0v) is 17.3. The second kappa shape index (κ2) is 7.45. The van der Waals surface area contributed by atoms with E-state index in [1.807, 2.05) is 0 Å². The standard InChI is InChI=1S/C19H13BrFN3O4S/c1-27-17-10-15(20)16(21)9-14(17)19-13-3-2-12(8-11(13)4-6-22-19)29(25,26)24-18-5-7-28-23-18/h2-10H,1H3,(H,23,24). The number of halogens is 2. The van der Waals surface area contributed by atoms with Crippen molar-refractivity contribution in [2.45, 2.75) is 4.90 Å². The van der Waals surface area contributed by atoms with Crippen LogP contribution in [0.15, 0.2) is 68.8 Å². The summed E-state index contributed by atoms with van der Waals surface area (Å²) in [7, 11) is -2.38. The number of pyridine rings is 1. The monoisotopic (exact) mass is 477 g/mol. The van der Waals surface area contributed by atoms with Gasteiger partial charge in [-0.3, -0.25) is 9.71 Å². The van der Waals surface area contributed by atoms with Gasteiger partial charge in [0.2, 0.25) is 0 Å². The van der Waals surface area contributed by atoms with Crippen LogP contribution in [-0.4, -0.2) is 25.7 Å². The number of methoxy groups -OCH3 is 1. The van der Waals surface area contributed by atoms with Gasteiger partial charge in [0.25, 0.3) is 10.0 Å². The van der Waals surface area contributed by atoms with Gasteiger partial charge >= 0.3 is 0 Å². The summed E-state index contributed by atoms with van der Waals surface area (Å²) in [6.45, 7) is 0. The fraction of sp³-hybridized carbons (Fsp3) is 0.0526. The first-order valence-electron chi connectivity index (χ1n) is 8.24. The Labute approximate surface area is 173 Å². The molecule has 148 valence electrons. The SMILES string of the molecule is COc1cc(Br)c(F)cc1-c1nccc2cc(S(=O)(=O)Nc3ccon3)ccc12. The molecule has 0 aliphatic heterocycles. The highest BCUT2D eigenvalue weighted by Crippen LogP contribution is 2.37. The Hall–Kier alpha value is -2.98. The van der Waals surface area contributed by atoms with Gasteiger partial charge < -0.3 is 9.26 Å². The van der Waals surface area contributed by atoms with E-state index in [2.05, 4.69) is 35.3 Å². The summed E-state index contributed by atoms with van der Waals surface area (Å²) in [6.07, 6.45) is 2.79. The van der Waals surface area contributed by atoms with Crippen LogP contribution in [0.2, 0.25) is 0 Å². The van der Waals surface area contributed by atoms with E-state index in [9.17, 15) is 12.8 Å². The third-order valence-corrected chi connectivity index (χ3v) is 6.18. The molecule has 0 radical (unpaired) electrons. The van der Waals surface area contributed by atoms with E-state index in [1.54, 1.807) is 12.1 Å². The first kappa shape index (κ1) is 19.3. The minimum Gasteiger partial charge on any atom is -0.496 e. The van der Waals surface area contributed by atoms with Crippen molar-refractivity contribution in [1.82, 2.24) is 10.1 Å². The van der Waals surface area contributed by atoms with E-state index in [4.69, 9.17) is 4.74 Å². The molecule has 29 heavy (non-hydrogen) atoms. The highest BCUT2D eigenvalue weighted by Gasteiger charge is 2.19. The summed E-state index contributed by atoms with van der Waals surface area (Å²) in [5.41, 5.74) is 0.925. The number of aromatic nitrogens is 2. The van der Waals surface area contributed by atoms with Crippen molar-refractivity contribution < 1.29 is 22.1 Å². The lowest BCUT2D eigenvalue weighted by Gasteiger charge is -2.12. The van der Waals surface area contributed by atoms with Gasteiger partial charge in [-0.2, -0.15) is 0 Å². The number of nitrogens with zero attached hydrogens (tertiary/aromatic N) is 2. The smallest absolute Gasteiger partial charge is 0.263 e. The number of anilines is 1. The molecule has 0 aliphatic carbocycles. The van der Waals surface area contributed by atoms with Crippen LogP contribution >= 0.6 is 15.9 Å². The summed E-state index contributed by atoms with van der Waals surface area (Å²) in [5, 5.41) is 4.81. The number of sulfonamides is 1. The molecule has 0 unspecified atom stereocenters. The minimum absolute atomic E-state index is 0.0408. The van der Waals surface area contributed by atoms with E-state index in [0.717, 1.165) is 0 Å². The van der Waals surface area contributed by atoms with Gasteiger partial charge in [-0.15, -0.1) is 0 Å². The van der Waals surface area contributed by atoms with Crippen LogP contribution in [0.5, 0.6) is 5.75 Å². The lowest BCUT2D eigenvalue weighted by Crippen LogP contribution is -2.13. The molecule has 10 heteroatoms. The van der Waals surface area contributed by atoms with Crippen LogP contribution in [0.1, 0.15) is 0 Å². The van der Waals surface area contributed by atoms with Crippen molar-refractivity contribution in [3.63, 3.8) is 0 Å². The van der Waals surface area contributed by atoms with Crippen LogP contribution in [0, 0.1) is 5.82 Å². The molecule has 4 aromatic rings. The largest absolute Gasteiger partial charge is 0.496 e. The number of fused-ring (bicyclic) bond motifs is 1. The van der Waals surface area contributed by atoms with Gasteiger partial charge in [0.05, 0.1) is 22.2 Å². The molecular formula is C19H13BrFN3O4S. The van der Waals surface area contributed by atoms with Crippen LogP contribution in [0.3, 0.4) is 0 Å². The third kappa shape index (κ3) is 3.68. The quantitative estimate of drug-likeness (QED) is 0.451. The predicted octanol–water partition coefficient (Wildman–Crippen LogP) is 4.60. The van der Waals surface area contributed by atoms with Crippen molar-refractivity contribution in [3.05, 3.63) is 65.2 Å². The molecule has 0 amide bonds. The van der Waals surface area contributed by atoms with Gasteiger partial charge in [0, 0.05) is 23.2 Å². The second-order valence-corrected chi connectivity index (χ2v) is 8.54. The van der Waals surface area contributed by atoms with Crippen molar-refractivity contribution in [1.29, 1.82) is 0 Å². The first-order chi connectivity index (χ1) is 13.9. The van der Waals surface area contributed by atoms with Crippen LogP contribution in [-0.2, 0) is 10.0 Å². The first-order valence-corrected chi connectivity index (χ1v) is 10.5. The lowest BCUT2D eigenvalue weighted by atomic mass is 10.0. The maximum Gasteiger partial charge on any atom is 0.263 e. The van der Waals surface area contributed by atoms with Gasteiger partial charge in [0.1, 0.15) is 17.8 Å². The number of ether oxygens (including phenoxy) is 1. The molecule has 2 aromatic heterocycles. The van der Waals surface area contributed by atoms with Gasteiger partial charge in [-0.05, 0) is 51.6 Å². The normalized spacial score (nSPS) is 11.6. The zero-order chi connectivity index (χ0) is 20.6. The Morgan fingerprint density at radius 2 is 2.00 bits per heavy atom. The molecule has 7 nitrogen and oxygen atoms in total. The van der Waals surface area contributed by atoms with E-state index >= 15 is 0 Å². The molecule has 0 saturated heterocycles. The molecule has 0 bridgehead atoms. The van der Waals surface area contributed by atoms with Crippen molar-refractivity contribution in [3.8, 4) is 17.0 Å². The maximum absolute atomic E-state index is 14.2. The Bertz CT molecular complexity index is 1310. The van der Waals surface area contributed by atoms with Crippen LogP contribution in [0.25, 0.3) is 22.0 Å². The highest BCUT2D eigenvalue weighted by molar-refractivity contribution is 9.10. The third-order valence-electron chi connectivity index (χ3n) is 4.22. The molecule has 2 aromatic carbocycles. The molecule has 0 fully saturated rings. The number of hydrogen-bond acceptors (Lipinski definition) is 6. The van der Waals surface area contributed by atoms with Gasteiger partial charge in [-0.25, -0.2) is 12.8 Å². The Morgan fingerprint density at radius 1 is 1.17 bits per heavy atom. The average Bonchev–Trinajstić information content (AvgIpc) is 3.21. The summed E-state index contributed by atoms with van der Waals surface area (Å²) in [5.74, 6) is 0.0499. The van der Waals surface area contributed by atoms with Crippen molar-refractivity contribution in [2.24, 2.45) is 0 Å². The maximum atomic E-state index is 14.2. The average molecular weight is 478 g/mol. The summed E-state index contributed by atoms with van der Waals surface area (Å²) >= 11 is 3.14. The fourth-order valence-corrected chi connectivity index (χ4v) is 4.23. The minimum atomic E-state index is -3.86. The number of hydrogen-bond donors (Lipinski definition) is 1. The molecular weight excluding hydrogens is 465 g/mol. The fourth-order valence-electron chi connectivity index (χ4n) is 2.88. The molecule has 0 aliphatic rings. The lowest BCUT2D eigenvalue weighted by molar-refractivity contribution is 0.415. The highest BCUT2D eigenvalue weighted by atomic mass is 79.9. The van der Waals surface area contributed by atoms with Crippen LogP contribution < -0.4 is 9.46 Å². The summed E-state index contributed by atoms with van der Waals surface area (Å²) in [4.78, 5) is 4.40. The van der Waals surface area contributed by atoms with E-state index in [0.29, 0.717) is 27.8 Å². The van der Waals surface area contributed by atoms with Gasteiger partial charge in [-0.1, -0.05) is 11.2 Å². The molecule has 0 spiro atoms. The van der Waals surface area contributed by atoms with E-state index in [1.165, 1.54) is 49.9 Å². The molecule has 4 rings (SSSR count). The van der Waals surface area contributed by atoms with Crippen molar-refractivity contribution in [2.75, 3.05) is 11.8 Å². The van der Waals surface area contributed by atoms with Gasteiger partial charge in [0.15, 0.2) is 5.82 Å². The molecule has 0 atom stereocenters. The zero-order valence-electron chi connectivity index (χ0n) is 14.9. The van der Waals surface area contributed by atoms with Crippen LogP contribution in [0.4, 0.5) is 10.2 Å². The number of nitrogens with one attached hydrogen (secondary N) is 1. The molecule has 0 saturated carbocycles. The summed E-state index contributed by atoms with van der Waals surface area (Å²) in [6, 6.07) is 10.5. The van der Waals surface area contributed by atoms with E-state index < -0.39 is 15.8 Å². The van der Waals surface area contributed by atoms with E-state index in [-0.39, 0.29) is 15.2 Å². The Morgan fingerprint density at radius 3 is 2.72 bits per heavy atom. The summed E-state index contributed by atoms with van der Waals surface area (Å²) < 4.78 is 52.0. The molecule has 1 N–H and O–H groups in total. The second-order valence-electron chi connectivity index (χ2n) is 6.00. The topological polar surface area (TPSA) is 94.3 Å². The predicted molar refractivity (Wildman–Crippen MR) is 109 cm³/mol. The molecule has 2 heterocycles. The van der Waals surface area contributed by atoms with Crippen molar-refractivity contribution >= 4 is 42.5 Å². The Balaban J connectivity index is 1.83. The number of benzene rings is 2. The number of rotatable bonds is 5.